The van der Waals surface area contributed by atoms with Gasteiger partial charge < -0.3 is 21.2 Å². The Kier molecular flexibility index (Phi) is 6.08. The van der Waals surface area contributed by atoms with E-state index in [1.807, 2.05) is 6.92 Å². The summed E-state index contributed by atoms with van der Waals surface area (Å²) in [7, 11) is 0. The maximum Gasteiger partial charge on any atom is 0.233 e. The van der Waals surface area contributed by atoms with Crippen LogP contribution < -0.4 is 11.1 Å². The summed E-state index contributed by atoms with van der Waals surface area (Å²) in [5, 5.41) is 14.6. The smallest absolute Gasteiger partial charge is 0.233 e. The van der Waals surface area contributed by atoms with Crippen molar-refractivity contribution >= 4 is 11.7 Å². The summed E-state index contributed by atoms with van der Waals surface area (Å²) < 4.78 is 0. The minimum Gasteiger partial charge on any atom is -0.409 e. The van der Waals surface area contributed by atoms with Crippen molar-refractivity contribution in [3.05, 3.63) is 0 Å². The van der Waals surface area contributed by atoms with Crippen molar-refractivity contribution in [2.24, 2.45) is 16.3 Å². The van der Waals surface area contributed by atoms with E-state index in [-0.39, 0.29) is 11.7 Å². The lowest BCUT2D eigenvalue weighted by Crippen LogP contribution is -2.48. The molecule has 110 valence electrons. The van der Waals surface area contributed by atoms with Crippen molar-refractivity contribution < 1.29 is 10.0 Å². The van der Waals surface area contributed by atoms with E-state index < -0.39 is 5.41 Å². The number of likely N-dealkylation sites (tertiary alicyclic amines) is 1. The molecule has 1 fully saturated rings. The first-order chi connectivity index (χ1) is 9.04. The highest BCUT2D eigenvalue weighted by atomic mass is 16.4. The van der Waals surface area contributed by atoms with E-state index in [0.29, 0.717) is 13.0 Å². The largest absolute Gasteiger partial charge is 0.409 e. The van der Waals surface area contributed by atoms with Gasteiger partial charge in [0, 0.05) is 6.54 Å². The van der Waals surface area contributed by atoms with Crippen LogP contribution in [0.4, 0.5) is 0 Å². The highest BCUT2D eigenvalue weighted by Gasteiger charge is 2.36. The van der Waals surface area contributed by atoms with Crippen LogP contribution in [0.3, 0.4) is 0 Å². The Labute approximate surface area is 115 Å². The molecule has 0 aromatic heterocycles. The molecular formula is C13H26N4O2. The molecule has 0 aromatic rings. The number of oxime groups is 1. The van der Waals surface area contributed by atoms with Crippen LogP contribution in [0.1, 0.15) is 39.5 Å². The average Bonchev–Trinajstić information content (AvgIpc) is 2.94. The number of hydrogen-bond acceptors (Lipinski definition) is 4. The summed E-state index contributed by atoms with van der Waals surface area (Å²) in [6, 6.07) is 0. The number of rotatable bonds is 7. The molecule has 1 aliphatic rings. The number of hydrogen-bond donors (Lipinski definition) is 3. The van der Waals surface area contributed by atoms with Gasteiger partial charge in [-0.25, -0.2) is 0 Å². The van der Waals surface area contributed by atoms with Gasteiger partial charge in [-0.1, -0.05) is 12.1 Å². The minimum absolute atomic E-state index is 0.0351. The molecule has 1 heterocycles. The van der Waals surface area contributed by atoms with Crippen LogP contribution in [0.15, 0.2) is 5.16 Å². The van der Waals surface area contributed by atoms with Gasteiger partial charge in [-0.2, -0.15) is 0 Å². The molecule has 0 bridgehead atoms. The molecule has 6 nitrogen and oxygen atoms in total. The monoisotopic (exact) mass is 270 g/mol. The van der Waals surface area contributed by atoms with Crippen LogP contribution in [-0.2, 0) is 4.79 Å². The van der Waals surface area contributed by atoms with Crippen molar-refractivity contribution in [3.63, 3.8) is 0 Å². The van der Waals surface area contributed by atoms with Gasteiger partial charge >= 0.3 is 0 Å². The number of nitrogens with one attached hydrogen (secondary N) is 1. The lowest BCUT2D eigenvalue weighted by Gasteiger charge is -2.25. The maximum atomic E-state index is 12.1. The van der Waals surface area contributed by atoms with Crippen molar-refractivity contribution in [3.8, 4) is 0 Å². The van der Waals surface area contributed by atoms with E-state index in [9.17, 15) is 4.79 Å². The summed E-state index contributed by atoms with van der Waals surface area (Å²) in [5.41, 5.74) is 4.67. The van der Waals surface area contributed by atoms with E-state index in [1.54, 1.807) is 6.92 Å². The third-order valence-corrected chi connectivity index (χ3v) is 4.02. The lowest BCUT2D eigenvalue weighted by molar-refractivity contribution is -0.127. The molecule has 1 saturated heterocycles. The Morgan fingerprint density at radius 3 is 2.63 bits per heavy atom. The van der Waals surface area contributed by atoms with Gasteiger partial charge in [0.1, 0.15) is 5.41 Å². The zero-order valence-corrected chi connectivity index (χ0v) is 12.0. The predicted molar refractivity (Wildman–Crippen MR) is 75.1 cm³/mol. The number of amidine groups is 1. The van der Waals surface area contributed by atoms with Crippen LogP contribution in [0, 0.1) is 5.41 Å². The van der Waals surface area contributed by atoms with Gasteiger partial charge in [-0.3, -0.25) is 4.79 Å². The molecular weight excluding hydrogens is 244 g/mol. The predicted octanol–water partition coefficient (Wildman–Crippen LogP) is 0.751. The molecule has 0 saturated carbocycles. The second kappa shape index (κ2) is 7.33. The molecule has 1 unspecified atom stereocenters. The third kappa shape index (κ3) is 4.09. The standard InChI is InChI=1S/C13H26N4O2/c1-3-13(2,11(14)16-19)12(18)15-7-6-10-17-8-4-5-9-17/h19H,3-10H2,1-2H3,(H2,14,16)(H,15,18). The van der Waals surface area contributed by atoms with E-state index in [4.69, 9.17) is 10.9 Å². The first-order valence-corrected chi connectivity index (χ1v) is 7.03. The summed E-state index contributed by atoms with van der Waals surface area (Å²) in [6.45, 7) is 7.53. The van der Waals surface area contributed by atoms with Crippen molar-refractivity contribution in [2.75, 3.05) is 26.2 Å². The number of nitrogens with zero attached hydrogens (tertiary/aromatic N) is 2. The molecule has 0 aliphatic carbocycles. The molecule has 19 heavy (non-hydrogen) atoms. The first-order valence-electron chi connectivity index (χ1n) is 7.03. The number of carbonyl (C=O) groups is 1. The maximum absolute atomic E-state index is 12.1. The molecule has 0 spiro atoms. The SMILES string of the molecule is CCC(C)(C(=O)NCCCN1CCCC1)C(N)=NO. The molecule has 0 radical (unpaired) electrons. The van der Waals surface area contributed by atoms with Crippen molar-refractivity contribution in [1.29, 1.82) is 0 Å². The molecule has 1 amide bonds. The Balaban J connectivity index is 2.32. The van der Waals surface area contributed by atoms with Gasteiger partial charge in [0.2, 0.25) is 5.91 Å². The molecule has 1 aliphatic heterocycles. The highest BCUT2D eigenvalue weighted by Crippen LogP contribution is 2.21. The molecule has 1 atom stereocenters. The van der Waals surface area contributed by atoms with Crippen LogP contribution in [0.2, 0.25) is 0 Å². The van der Waals surface area contributed by atoms with E-state index in [1.165, 1.54) is 25.9 Å². The second-order valence-corrected chi connectivity index (χ2v) is 5.33. The number of amides is 1. The quantitative estimate of drug-likeness (QED) is 0.209. The van der Waals surface area contributed by atoms with E-state index in [2.05, 4.69) is 15.4 Å². The Morgan fingerprint density at radius 2 is 2.11 bits per heavy atom. The summed E-state index contributed by atoms with van der Waals surface area (Å²) in [6.07, 6.45) is 4.00. The fraction of sp³-hybridized carbons (Fsp3) is 0.846. The van der Waals surface area contributed by atoms with Gasteiger partial charge in [0.25, 0.3) is 0 Å². The first kappa shape index (κ1) is 15.8. The van der Waals surface area contributed by atoms with Crippen LogP contribution >= 0.6 is 0 Å². The Bertz CT molecular complexity index is 327. The van der Waals surface area contributed by atoms with Gasteiger partial charge in [-0.15, -0.1) is 0 Å². The molecule has 4 N–H and O–H groups in total. The van der Waals surface area contributed by atoms with E-state index >= 15 is 0 Å². The number of nitrogens with two attached hydrogens (primary N) is 1. The fourth-order valence-electron chi connectivity index (χ4n) is 2.27. The molecule has 6 heteroatoms. The second-order valence-electron chi connectivity index (χ2n) is 5.33. The van der Waals surface area contributed by atoms with Gasteiger partial charge in [0.05, 0.1) is 0 Å². The average molecular weight is 270 g/mol. The lowest BCUT2D eigenvalue weighted by atomic mass is 9.85. The Morgan fingerprint density at radius 1 is 1.47 bits per heavy atom. The topological polar surface area (TPSA) is 91.0 Å². The minimum atomic E-state index is -0.928. The normalized spacial score (nSPS) is 20.2. The summed E-state index contributed by atoms with van der Waals surface area (Å²) >= 11 is 0. The van der Waals surface area contributed by atoms with Crippen molar-refractivity contribution in [2.45, 2.75) is 39.5 Å². The fourth-order valence-corrected chi connectivity index (χ4v) is 2.27. The van der Waals surface area contributed by atoms with E-state index in [0.717, 1.165) is 13.0 Å². The highest BCUT2D eigenvalue weighted by molar-refractivity contribution is 6.06. The molecule has 0 aromatic carbocycles. The Hall–Kier alpha value is -1.30. The third-order valence-electron chi connectivity index (χ3n) is 4.02. The van der Waals surface area contributed by atoms with Crippen molar-refractivity contribution in [1.82, 2.24) is 10.2 Å². The van der Waals surface area contributed by atoms with Gasteiger partial charge in [0.15, 0.2) is 5.84 Å². The zero-order valence-electron chi connectivity index (χ0n) is 12.0. The van der Waals surface area contributed by atoms with Crippen LogP contribution in [0.5, 0.6) is 0 Å². The summed E-state index contributed by atoms with van der Waals surface area (Å²) in [4.78, 5) is 14.5. The number of carbonyl (C=O) groups excluding carboxylic acids is 1. The van der Waals surface area contributed by atoms with Crippen LogP contribution in [0.25, 0.3) is 0 Å². The zero-order chi connectivity index (χ0) is 14.3. The van der Waals surface area contributed by atoms with Crippen LogP contribution in [-0.4, -0.2) is 48.0 Å². The van der Waals surface area contributed by atoms with Gasteiger partial charge in [-0.05, 0) is 52.2 Å². The summed E-state index contributed by atoms with van der Waals surface area (Å²) in [5.74, 6) is -0.209. The molecule has 1 rings (SSSR count).